The summed E-state index contributed by atoms with van der Waals surface area (Å²) in [7, 11) is 0. The molecule has 104 valence electrons. The van der Waals surface area contributed by atoms with Crippen molar-refractivity contribution in [1.29, 1.82) is 0 Å². The molecular formula is C16H29NO. The maximum Gasteiger partial charge on any atom is 0.0755 e. The molecule has 2 heteroatoms. The number of aliphatic imine (C=N–C) groups is 1. The Labute approximate surface area is 112 Å². The van der Waals surface area contributed by atoms with E-state index in [1.165, 1.54) is 18.6 Å². The number of aliphatic hydroxyl groups is 1. The molecule has 2 aliphatic carbocycles. The molecule has 0 saturated heterocycles. The monoisotopic (exact) mass is 251 g/mol. The molecule has 18 heavy (non-hydrogen) atoms. The third kappa shape index (κ3) is 1.84. The lowest BCUT2D eigenvalue weighted by Gasteiger charge is -2.35. The molecule has 0 aliphatic heterocycles. The number of hydrogen-bond donors (Lipinski definition) is 1. The van der Waals surface area contributed by atoms with Crippen LogP contribution in [0, 0.1) is 22.7 Å². The number of rotatable bonds is 4. The van der Waals surface area contributed by atoms with Crippen LogP contribution in [0.2, 0.25) is 0 Å². The summed E-state index contributed by atoms with van der Waals surface area (Å²) < 4.78 is 0. The molecule has 0 heterocycles. The van der Waals surface area contributed by atoms with E-state index in [2.05, 4.69) is 34.6 Å². The molecule has 2 bridgehead atoms. The Morgan fingerprint density at radius 2 is 2.06 bits per heavy atom. The first-order valence-electron chi connectivity index (χ1n) is 7.54. The maximum absolute atomic E-state index is 9.57. The van der Waals surface area contributed by atoms with Crippen molar-refractivity contribution in [2.75, 3.05) is 6.61 Å². The predicted molar refractivity (Wildman–Crippen MR) is 77.0 cm³/mol. The lowest BCUT2D eigenvalue weighted by molar-refractivity contribution is 0.192. The maximum atomic E-state index is 9.57. The summed E-state index contributed by atoms with van der Waals surface area (Å²) in [4.78, 5) is 4.98. The van der Waals surface area contributed by atoms with Crippen LogP contribution in [0.1, 0.15) is 60.3 Å². The lowest BCUT2D eigenvalue weighted by Crippen LogP contribution is -2.34. The predicted octanol–water partition coefficient (Wildman–Crippen LogP) is 3.68. The van der Waals surface area contributed by atoms with E-state index in [1.54, 1.807) is 0 Å². The normalized spacial score (nSPS) is 39.2. The molecule has 4 atom stereocenters. The van der Waals surface area contributed by atoms with Crippen LogP contribution in [0.5, 0.6) is 0 Å². The minimum atomic E-state index is 0.108. The van der Waals surface area contributed by atoms with Gasteiger partial charge in [0.05, 0.1) is 12.6 Å². The summed E-state index contributed by atoms with van der Waals surface area (Å²) in [5, 5.41) is 9.57. The minimum absolute atomic E-state index is 0.108. The largest absolute Gasteiger partial charge is 0.394 e. The van der Waals surface area contributed by atoms with Gasteiger partial charge in [-0.15, -0.1) is 0 Å². The number of nitrogens with zero attached hydrogens (tertiary/aromatic N) is 1. The van der Waals surface area contributed by atoms with Crippen LogP contribution in [-0.2, 0) is 0 Å². The van der Waals surface area contributed by atoms with Gasteiger partial charge >= 0.3 is 0 Å². The van der Waals surface area contributed by atoms with E-state index in [0.29, 0.717) is 11.3 Å². The van der Waals surface area contributed by atoms with Crippen LogP contribution in [0.4, 0.5) is 0 Å². The van der Waals surface area contributed by atoms with Gasteiger partial charge in [0, 0.05) is 11.1 Å². The van der Waals surface area contributed by atoms with Crippen LogP contribution >= 0.6 is 0 Å². The first-order valence-corrected chi connectivity index (χ1v) is 7.54. The van der Waals surface area contributed by atoms with Gasteiger partial charge in [-0.1, -0.05) is 41.0 Å². The molecule has 0 amide bonds. The summed E-state index contributed by atoms with van der Waals surface area (Å²) in [6, 6.07) is 0.108. The number of aliphatic hydroxyl groups excluding tert-OH is 1. The van der Waals surface area contributed by atoms with Crippen molar-refractivity contribution >= 4 is 5.71 Å². The van der Waals surface area contributed by atoms with Crippen molar-refractivity contribution in [2.24, 2.45) is 27.7 Å². The second kappa shape index (κ2) is 4.63. The zero-order valence-electron chi connectivity index (χ0n) is 12.7. The molecule has 0 unspecified atom stereocenters. The van der Waals surface area contributed by atoms with Gasteiger partial charge in [-0.2, -0.15) is 0 Å². The van der Waals surface area contributed by atoms with E-state index >= 15 is 0 Å². The molecule has 2 aliphatic rings. The van der Waals surface area contributed by atoms with Gasteiger partial charge in [-0.05, 0) is 36.5 Å². The average molecular weight is 251 g/mol. The minimum Gasteiger partial charge on any atom is -0.394 e. The molecular weight excluding hydrogens is 222 g/mol. The highest BCUT2D eigenvalue weighted by Crippen LogP contribution is 2.64. The zero-order valence-corrected chi connectivity index (χ0v) is 12.7. The Hall–Kier alpha value is -0.370. The molecule has 1 N–H and O–H groups in total. The van der Waals surface area contributed by atoms with E-state index in [-0.39, 0.29) is 18.1 Å². The number of hydrogen-bond acceptors (Lipinski definition) is 2. The molecule has 2 fully saturated rings. The van der Waals surface area contributed by atoms with E-state index in [1.807, 2.05) is 0 Å². The first kappa shape index (κ1) is 14.0. The Morgan fingerprint density at radius 1 is 1.39 bits per heavy atom. The van der Waals surface area contributed by atoms with Crippen LogP contribution in [-0.4, -0.2) is 23.5 Å². The number of fused-ring (bicyclic) bond motifs is 2. The van der Waals surface area contributed by atoms with E-state index in [9.17, 15) is 5.11 Å². The van der Waals surface area contributed by atoms with E-state index in [4.69, 9.17) is 4.99 Å². The Balaban J connectivity index is 2.25. The lowest BCUT2D eigenvalue weighted by atomic mass is 9.70. The molecule has 0 spiro atoms. The second-order valence-electron chi connectivity index (χ2n) is 7.20. The van der Waals surface area contributed by atoms with E-state index < -0.39 is 0 Å². The highest BCUT2D eigenvalue weighted by Gasteiger charge is 2.59. The summed E-state index contributed by atoms with van der Waals surface area (Å²) >= 11 is 0. The second-order valence-corrected chi connectivity index (χ2v) is 7.20. The molecule has 0 aromatic heterocycles. The first-order chi connectivity index (χ1) is 8.36. The highest BCUT2D eigenvalue weighted by atomic mass is 16.3. The molecule has 0 aromatic carbocycles. The SMILES string of the molecule is CC[C@H](C)[C@@H](CO)N=C1C[C@H]2CC[C@]1(C)C2(C)C. The van der Waals surface area contributed by atoms with Crippen LogP contribution in [0.3, 0.4) is 0 Å². The topological polar surface area (TPSA) is 32.6 Å². The molecule has 0 aromatic rings. The van der Waals surface area contributed by atoms with Gasteiger partial charge in [0.15, 0.2) is 0 Å². The Morgan fingerprint density at radius 3 is 2.44 bits per heavy atom. The fourth-order valence-corrected chi connectivity index (χ4v) is 3.94. The van der Waals surface area contributed by atoms with Gasteiger partial charge in [-0.25, -0.2) is 0 Å². The quantitative estimate of drug-likeness (QED) is 0.812. The summed E-state index contributed by atoms with van der Waals surface area (Å²) in [5.41, 5.74) is 2.06. The van der Waals surface area contributed by atoms with Gasteiger partial charge in [0.2, 0.25) is 0 Å². The third-order valence-corrected chi connectivity index (χ3v) is 6.32. The van der Waals surface area contributed by atoms with Crippen molar-refractivity contribution in [3.05, 3.63) is 0 Å². The summed E-state index contributed by atoms with van der Waals surface area (Å²) in [6.07, 6.45) is 4.89. The Bertz CT molecular complexity index is 347. The van der Waals surface area contributed by atoms with Crippen molar-refractivity contribution in [1.82, 2.24) is 0 Å². The van der Waals surface area contributed by atoms with Crippen molar-refractivity contribution in [2.45, 2.75) is 66.3 Å². The smallest absolute Gasteiger partial charge is 0.0755 e. The fourth-order valence-electron chi connectivity index (χ4n) is 3.94. The van der Waals surface area contributed by atoms with Crippen LogP contribution < -0.4 is 0 Å². The van der Waals surface area contributed by atoms with Crippen LogP contribution in [0.15, 0.2) is 4.99 Å². The Kier molecular flexibility index (Phi) is 3.61. The molecule has 2 rings (SSSR count). The van der Waals surface area contributed by atoms with Gasteiger partial charge < -0.3 is 5.11 Å². The molecule has 0 radical (unpaired) electrons. The molecule has 2 nitrogen and oxygen atoms in total. The highest BCUT2D eigenvalue weighted by molar-refractivity contribution is 5.94. The zero-order chi connectivity index (χ0) is 13.6. The standard InChI is InChI=1S/C16H29NO/c1-6-11(2)13(10-18)17-14-9-12-7-8-16(14,5)15(12,3)4/h11-13,18H,6-10H2,1-5H3/t11-,12+,13+,16-/m0/s1. The van der Waals surface area contributed by atoms with Gasteiger partial charge in [0.25, 0.3) is 0 Å². The van der Waals surface area contributed by atoms with Crippen molar-refractivity contribution < 1.29 is 5.11 Å². The third-order valence-electron chi connectivity index (χ3n) is 6.32. The van der Waals surface area contributed by atoms with Gasteiger partial charge in [-0.3, -0.25) is 4.99 Å². The average Bonchev–Trinajstić information content (AvgIpc) is 2.67. The van der Waals surface area contributed by atoms with Crippen molar-refractivity contribution in [3.8, 4) is 0 Å². The summed E-state index contributed by atoms with van der Waals surface area (Å²) in [6.45, 7) is 11.8. The van der Waals surface area contributed by atoms with E-state index in [0.717, 1.165) is 18.8 Å². The fraction of sp³-hybridized carbons (Fsp3) is 0.938. The van der Waals surface area contributed by atoms with Crippen molar-refractivity contribution in [3.63, 3.8) is 0 Å². The van der Waals surface area contributed by atoms with Gasteiger partial charge in [0.1, 0.15) is 0 Å². The molecule has 2 saturated carbocycles. The van der Waals surface area contributed by atoms with Crippen LogP contribution in [0.25, 0.3) is 0 Å². The summed E-state index contributed by atoms with van der Waals surface area (Å²) in [5.74, 6) is 1.28.